The standard InChI is InChI=1S/C7H11N3O/c1-5-7(11-2)10-6(3-8)4-9-5/h4H,3,8H2,1-2H3. The number of rotatable bonds is 2. The summed E-state index contributed by atoms with van der Waals surface area (Å²) in [5, 5.41) is 0. The van der Waals surface area contributed by atoms with Crippen LogP contribution in [0, 0.1) is 6.92 Å². The Morgan fingerprint density at radius 3 is 2.91 bits per heavy atom. The summed E-state index contributed by atoms with van der Waals surface area (Å²) in [7, 11) is 1.57. The van der Waals surface area contributed by atoms with E-state index in [-0.39, 0.29) is 0 Å². The zero-order chi connectivity index (χ0) is 8.27. The number of ether oxygens (including phenoxy) is 1. The van der Waals surface area contributed by atoms with E-state index in [0.29, 0.717) is 12.4 Å². The normalized spacial score (nSPS) is 9.73. The fourth-order valence-electron chi connectivity index (χ4n) is 0.758. The first-order valence-corrected chi connectivity index (χ1v) is 3.34. The van der Waals surface area contributed by atoms with Crippen LogP contribution in [0.2, 0.25) is 0 Å². The van der Waals surface area contributed by atoms with E-state index in [1.807, 2.05) is 6.92 Å². The van der Waals surface area contributed by atoms with Crippen molar-refractivity contribution in [1.82, 2.24) is 9.97 Å². The van der Waals surface area contributed by atoms with Crippen molar-refractivity contribution in [1.29, 1.82) is 0 Å². The lowest BCUT2D eigenvalue weighted by Gasteiger charge is -2.02. The Morgan fingerprint density at radius 1 is 1.64 bits per heavy atom. The van der Waals surface area contributed by atoms with Crippen LogP contribution in [-0.2, 0) is 6.54 Å². The third kappa shape index (κ3) is 1.65. The van der Waals surface area contributed by atoms with Gasteiger partial charge < -0.3 is 10.5 Å². The molecule has 0 aliphatic carbocycles. The van der Waals surface area contributed by atoms with Crippen molar-refractivity contribution in [2.24, 2.45) is 5.73 Å². The van der Waals surface area contributed by atoms with Gasteiger partial charge in [0.15, 0.2) is 0 Å². The van der Waals surface area contributed by atoms with Crippen molar-refractivity contribution in [3.63, 3.8) is 0 Å². The molecule has 0 bridgehead atoms. The highest BCUT2D eigenvalue weighted by Gasteiger charge is 2.00. The number of aromatic nitrogens is 2. The molecule has 0 saturated heterocycles. The van der Waals surface area contributed by atoms with E-state index in [4.69, 9.17) is 10.5 Å². The molecule has 1 rings (SSSR count). The zero-order valence-electron chi connectivity index (χ0n) is 6.66. The van der Waals surface area contributed by atoms with Crippen LogP contribution >= 0.6 is 0 Å². The largest absolute Gasteiger partial charge is 0.480 e. The molecule has 0 radical (unpaired) electrons. The molecule has 0 aliphatic rings. The highest BCUT2D eigenvalue weighted by atomic mass is 16.5. The molecule has 2 N–H and O–H groups in total. The Morgan fingerprint density at radius 2 is 2.36 bits per heavy atom. The van der Waals surface area contributed by atoms with Crippen LogP contribution in [0.15, 0.2) is 6.20 Å². The summed E-state index contributed by atoms with van der Waals surface area (Å²) in [5.41, 5.74) is 6.89. The zero-order valence-corrected chi connectivity index (χ0v) is 6.66. The van der Waals surface area contributed by atoms with Gasteiger partial charge in [-0.25, -0.2) is 4.98 Å². The molecule has 11 heavy (non-hydrogen) atoms. The summed E-state index contributed by atoms with van der Waals surface area (Å²) in [6.07, 6.45) is 1.65. The monoisotopic (exact) mass is 153 g/mol. The van der Waals surface area contributed by atoms with E-state index in [9.17, 15) is 0 Å². The van der Waals surface area contributed by atoms with Gasteiger partial charge in [-0.15, -0.1) is 0 Å². The molecule has 0 saturated carbocycles. The second-order valence-corrected chi connectivity index (χ2v) is 2.16. The van der Waals surface area contributed by atoms with Gasteiger partial charge in [0.2, 0.25) is 5.88 Å². The van der Waals surface area contributed by atoms with Gasteiger partial charge in [-0.05, 0) is 6.92 Å². The molecule has 4 nitrogen and oxygen atoms in total. The van der Waals surface area contributed by atoms with Gasteiger partial charge in [0.25, 0.3) is 0 Å². The topological polar surface area (TPSA) is 61.0 Å². The van der Waals surface area contributed by atoms with E-state index >= 15 is 0 Å². The Bertz CT molecular complexity index is 249. The van der Waals surface area contributed by atoms with Crippen molar-refractivity contribution in [2.75, 3.05) is 7.11 Å². The fraction of sp³-hybridized carbons (Fsp3) is 0.429. The molecule has 1 aromatic rings. The van der Waals surface area contributed by atoms with E-state index in [1.165, 1.54) is 0 Å². The molecule has 0 aromatic carbocycles. The van der Waals surface area contributed by atoms with Crippen molar-refractivity contribution in [3.05, 3.63) is 17.6 Å². The van der Waals surface area contributed by atoms with E-state index in [2.05, 4.69) is 9.97 Å². The van der Waals surface area contributed by atoms with Crippen LogP contribution in [0.3, 0.4) is 0 Å². The van der Waals surface area contributed by atoms with Crippen LogP contribution in [0.4, 0.5) is 0 Å². The predicted molar refractivity (Wildman–Crippen MR) is 41.2 cm³/mol. The van der Waals surface area contributed by atoms with Gasteiger partial charge in [-0.3, -0.25) is 4.98 Å². The minimum Gasteiger partial charge on any atom is -0.480 e. The first-order valence-electron chi connectivity index (χ1n) is 3.34. The second kappa shape index (κ2) is 3.30. The number of aryl methyl sites for hydroxylation is 1. The minimum atomic E-state index is 0.393. The molecular weight excluding hydrogens is 142 g/mol. The minimum absolute atomic E-state index is 0.393. The number of nitrogens with two attached hydrogens (primary N) is 1. The van der Waals surface area contributed by atoms with Crippen LogP contribution < -0.4 is 10.5 Å². The lowest BCUT2D eigenvalue weighted by Crippen LogP contribution is -2.03. The van der Waals surface area contributed by atoms with Gasteiger partial charge in [0, 0.05) is 6.54 Å². The SMILES string of the molecule is COc1nc(CN)cnc1C. The summed E-state index contributed by atoms with van der Waals surface area (Å²) in [4.78, 5) is 8.15. The molecule has 1 heterocycles. The third-order valence-corrected chi connectivity index (χ3v) is 1.36. The summed E-state index contributed by atoms with van der Waals surface area (Å²) in [6.45, 7) is 2.23. The average Bonchev–Trinajstić information content (AvgIpc) is 2.05. The fourth-order valence-corrected chi connectivity index (χ4v) is 0.758. The predicted octanol–water partition coefficient (Wildman–Crippen LogP) is 0.252. The number of hydrogen-bond donors (Lipinski definition) is 1. The van der Waals surface area contributed by atoms with Crippen LogP contribution in [0.1, 0.15) is 11.4 Å². The van der Waals surface area contributed by atoms with Crippen molar-refractivity contribution in [2.45, 2.75) is 13.5 Å². The number of hydrogen-bond acceptors (Lipinski definition) is 4. The molecule has 1 aromatic heterocycles. The van der Waals surface area contributed by atoms with Crippen LogP contribution in [0.25, 0.3) is 0 Å². The number of nitrogens with zero attached hydrogens (tertiary/aromatic N) is 2. The Balaban J connectivity index is 3.02. The summed E-state index contributed by atoms with van der Waals surface area (Å²) in [6, 6.07) is 0. The quantitative estimate of drug-likeness (QED) is 0.661. The highest BCUT2D eigenvalue weighted by molar-refractivity contribution is 5.18. The van der Waals surface area contributed by atoms with Crippen molar-refractivity contribution in [3.8, 4) is 5.88 Å². The summed E-state index contributed by atoms with van der Waals surface area (Å²) in [5.74, 6) is 0.549. The molecule has 0 spiro atoms. The van der Waals surface area contributed by atoms with Gasteiger partial charge in [0.05, 0.1) is 24.7 Å². The van der Waals surface area contributed by atoms with Crippen LogP contribution in [0.5, 0.6) is 5.88 Å². The molecule has 0 atom stereocenters. The molecule has 0 fully saturated rings. The molecule has 0 amide bonds. The van der Waals surface area contributed by atoms with E-state index in [0.717, 1.165) is 11.4 Å². The van der Waals surface area contributed by atoms with Gasteiger partial charge in [-0.2, -0.15) is 0 Å². The van der Waals surface area contributed by atoms with E-state index in [1.54, 1.807) is 13.3 Å². The first-order chi connectivity index (χ1) is 5.27. The van der Waals surface area contributed by atoms with Crippen molar-refractivity contribution < 1.29 is 4.74 Å². The second-order valence-electron chi connectivity index (χ2n) is 2.16. The van der Waals surface area contributed by atoms with Crippen molar-refractivity contribution >= 4 is 0 Å². The lowest BCUT2D eigenvalue weighted by atomic mass is 10.4. The van der Waals surface area contributed by atoms with Gasteiger partial charge in [0.1, 0.15) is 0 Å². The summed E-state index contributed by atoms with van der Waals surface area (Å²) >= 11 is 0. The molecule has 4 heteroatoms. The summed E-state index contributed by atoms with van der Waals surface area (Å²) < 4.78 is 4.96. The molecule has 0 unspecified atom stereocenters. The molecular formula is C7H11N3O. The first kappa shape index (κ1) is 7.94. The lowest BCUT2D eigenvalue weighted by molar-refractivity contribution is 0.390. The Labute approximate surface area is 65.4 Å². The highest BCUT2D eigenvalue weighted by Crippen LogP contribution is 2.09. The molecule has 60 valence electrons. The maximum absolute atomic E-state index is 5.37. The maximum atomic E-state index is 5.37. The molecule has 0 aliphatic heterocycles. The third-order valence-electron chi connectivity index (χ3n) is 1.36. The van der Waals surface area contributed by atoms with E-state index < -0.39 is 0 Å². The Kier molecular flexibility index (Phi) is 2.38. The van der Waals surface area contributed by atoms with Gasteiger partial charge >= 0.3 is 0 Å². The Hall–Kier alpha value is -1.16. The smallest absolute Gasteiger partial charge is 0.235 e. The number of methoxy groups -OCH3 is 1. The van der Waals surface area contributed by atoms with Crippen LogP contribution in [-0.4, -0.2) is 17.1 Å². The average molecular weight is 153 g/mol. The maximum Gasteiger partial charge on any atom is 0.235 e. The van der Waals surface area contributed by atoms with Gasteiger partial charge in [-0.1, -0.05) is 0 Å².